The minimum absolute atomic E-state index is 0.216. The van der Waals surface area contributed by atoms with E-state index in [2.05, 4.69) is 5.10 Å². The highest BCUT2D eigenvalue weighted by Crippen LogP contribution is 2.12. The van der Waals surface area contributed by atoms with Crippen LogP contribution in [-0.4, -0.2) is 15.8 Å². The zero-order valence-corrected chi connectivity index (χ0v) is 11.7. The lowest BCUT2D eigenvalue weighted by Crippen LogP contribution is -2.26. The number of nitrogens with two attached hydrogens (primary N) is 1. The topological polar surface area (TPSA) is 43.8 Å². The molecule has 108 valence electrons. The molecule has 0 radical (unpaired) electrons. The maximum Gasteiger partial charge on any atom is 0.126 e. The lowest BCUT2D eigenvalue weighted by molar-refractivity contribution is 0.520. The van der Waals surface area contributed by atoms with E-state index in [-0.39, 0.29) is 6.04 Å². The Bertz CT molecular complexity index is 558. The van der Waals surface area contributed by atoms with Crippen LogP contribution in [0.2, 0.25) is 0 Å². The summed E-state index contributed by atoms with van der Waals surface area (Å²) < 4.78 is 28.1. The molecule has 20 heavy (non-hydrogen) atoms. The standard InChI is InChI=1S/C15H19F2N3/c1-10(2)20-4-3-15(19-20)9-14(18)7-11-5-12(16)8-13(17)6-11/h3-6,8,10,14H,7,9,18H2,1-2H3. The third-order valence-electron chi connectivity index (χ3n) is 3.08. The Hall–Kier alpha value is -1.75. The van der Waals surface area contributed by atoms with Crippen molar-refractivity contribution in [3.63, 3.8) is 0 Å². The molecule has 0 aliphatic carbocycles. The maximum absolute atomic E-state index is 13.1. The van der Waals surface area contributed by atoms with Gasteiger partial charge in [-0.3, -0.25) is 4.68 Å². The van der Waals surface area contributed by atoms with Crippen LogP contribution < -0.4 is 5.73 Å². The van der Waals surface area contributed by atoms with Crippen molar-refractivity contribution in [1.82, 2.24) is 9.78 Å². The second kappa shape index (κ2) is 6.13. The smallest absolute Gasteiger partial charge is 0.126 e. The summed E-state index contributed by atoms with van der Waals surface area (Å²) in [4.78, 5) is 0. The number of halogens is 2. The van der Waals surface area contributed by atoms with Gasteiger partial charge in [0.1, 0.15) is 11.6 Å². The highest BCUT2D eigenvalue weighted by Gasteiger charge is 2.10. The van der Waals surface area contributed by atoms with Crippen LogP contribution in [0.5, 0.6) is 0 Å². The van der Waals surface area contributed by atoms with Crippen molar-refractivity contribution < 1.29 is 8.78 Å². The molecule has 0 fully saturated rings. The van der Waals surface area contributed by atoms with Crippen LogP contribution in [0, 0.1) is 11.6 Å². The summed E-state index contributed by atoms with van der Waals surface area (Å²) in [5.41, 5.74) is 7.49. The highest BCUT2D eigenvalue weighted by atomic mass is 19.1. The fourth-order valence-electron chi connectivity index (χ4n) is 2.15. The molecule has 0 saturated carbocycles. The molecule has 1 aromatic carbocycles. The number of hydrogen-bond donors (Lipinski definition) is 1. The first kappa shape index (κ1) is 14.7. The maximum atomic E-state index is 13.1. The first-order chi connectivity index (χ1) is 9.44. The Morgan fingerprint density at radius 3 is 2.35 bits per heavy atom. The molecule has 1 aromatic heterocycles. The van der Waals surface area contributed by atoms with Crippen molar-refractivity contribution in [3.05, 3.63) is 53.4 Å². The highest BCUT2D eigenvalue weighted by molar-refractivity contribution is 5.19. The number of nitrogens with zero attached hydrogens (tertiary/aromatic N) is 2. The SMILES string of the molecule is CC(C)n1ccc(CC(N)Cc2cc(F)cc(F)c2)n1. The predicted octanol–water partition coefficient (Wildman–Crippen LogP) is 2.85. The van der Waals surface area contributed by atoms with E-state index in [4.69, 9.17) is 5.73 Å². The molecule has 0 saturated heterocycles. The molecule has 2 N–H and O–H groups in total. The summed E-state index contributed by atoms with van der Waals surface area (Å²) in [5, 5.41) is 4.41. The van der Waals surface area contributed by atoms with Crippen LogP contribution in [0.15, 0.2) is 30.5 Å². The zero-order valence-electron chi connectivity index (χ0n) is 11.7. The Labute approximate surface area is 117 Å². The summed E-state index contributed by atoms with van der Waals surface area (Å²) in [6, 6.07) is 5.50. The first-order valence-corrected chi connectivity index (χ1v) is 6.68. The average Bonchev–Trinajstić information content (AvgIpc) is 2.75. The van der Waals surface area contributed by atoms with Gasteiger partial charge in [0.05, 0.1) is 5.69 Å². The van der Waals surface area contributed by atoms with Crippen LogP contribution in [0.4, 0.5) is 8.78 Å². The predicted molar refractivity (Wildman–Crippen MR) is 74.4 cm³/mol. The summed E-state index contributed by atoms with van der Waals surface area (Å²) in [5.74, 6) is -1.15. The Morgan fingerprint density at radius 2 is 1.80 bits per heavy atom. The average molecular weight is 279 g/mol. The second-order valence-electron chi connectivity index (χ2n) is 5.33. The van der Waals surface area contributed by atoms with Gasteiger partial charge in [0.2, 0.25) is 0 Å². The van der Waals surface area contributed by atoms with Crippen LogP contribution in [0.25, 0.3) is 0 Å². The van der Waals surface area contributed by atoms with Gasteiger partial charge in [-0.15, -0.1) is 0 Å². The van der Waals surface area contributed by atoms with Gasteiger partial charge in [-0.05, 0) is 44.0 Å². The molecular formula is C15H19F2N3. The van der Waals surface area contributed by atoms with Gasteiger partial charge in [-0.2, -0.15) is 5.10 Å². The van der Waals surface area contributed by atoms with E-state index < -0.39 is 11.6 Å². The van der Waals surface area contributed by atoms with E-state index in [1.165, 1.54) is 12.1 Å². The van der Waals surface area contributed by atoms with Gasteiger partial charge in [-0.25, -0.2) is 8.78 Å². The minimum atomic E-state index is -0.573. The Kier molecular flexibility index (Phi) is 4.49. The molecule has 2 rings (SSSR count). The molecule has 0 bridgehead atoms. The largest absolute Gasteiger partial charge is 0.327 e. The minimum Gasteiger partial charge on any atom is -0.327 e. The van der Waals surface area contributed by atoms with Gasteiger partial charge in [-0.1, -0.05) is 0 Å². The Morgan fingerprint density at radius 1 is 1.15 bits per heavy atom. The summed E-state index contributed by atoms with van der Waals surface area (Å²) in [6.07, 6.45) is 2.91. The molecule has 5 heteroatoms. The van der Waals surface area contributed by atoms with E-state index >= 15 is 0 Å². The second-order valence-corrected chi connectivity index (χ2v) is 5.33. The van der Waals surface area contributed by atoms with Gasteiger partial charge < -0.3 is 5.73 Å². The number of rotatable bonds is 5. The number of hydrogen-bond acceptors (Lipinski definition) is 2. The lowest BCUT2D eigenvalue weighted by Gasteiger charge is -2.10. The third-order valence-corrected chi connectivity index (χ3v) is 3.08. The summed E-state index contributed by atoms with van der Waals surface area (Å²) in [6.45, 7) is 4.10. The van der Waals surface area contributed by atoms with Gasteiger partial charge >= 0.3 is 0 Å². The molecule has 0 spiro atoms. The molecule has 0 aliphatic heterocycles. The van der Waals surface area contributed by atoms with Crippen molar-refractivity contribution in [3.8, 4) is 0 Å². The van der Waals surface area contributed by atoms with Gasteiger partial charge in [0.15, 0.2) is 0 Å². The molecule has 3 nitrogen and oxygen atoms in total. The first-order valence-electron chi connectivity index (χ1n) is 6.68. The van der Waals surface area contributed by atoms with E-state index in [1.807, 2.05) is 30.8 Å². The fraction of sp³-hybridized carbons (Fsp3) is 0.400. The van der Waals surface area contributed by atoms with Crippen molar-refractivity contribution >= 4 is 0 Å². The fourth-order valence-corrected chi connectivity index (χ4v) is 2.15. The van der Waals surface area contributed by atoms with Crippen molar-refractivity contribution in [2.45, 2.75) is 38.8 Å². The molecule has 0 amide bonds. The van der Waals surface area contributed by atoms with Crippen LogP contribution >= 0.6 is 0 Å². The molecule has 2 aromatic rings. The van der Waals surface area contributed by atoms with Crippen LogP contribution in [0.1, 0.15) is 31.1 Å². The molecular weight excluding hydrogens is 260 g/mol. The molecule has 0 aliphatic rings. The van der Waals surface area contributed by atoms with Crippen molar-refractivity contribution in [2.24, 2.45) is 5.73 Å². The molecule has 1 unspecified atom stereocenters. The molecule has 1 atom stereocenters. The van der Waals surface area contributed by atoms with Crippen molar-refractivity contribution in [2.75, 3.05) is 0 Å². The third kappa shape index (κ3) is 3.87. The molecule has 1 heterocycles. The lowest BCUT2D eigenvalue weighted by atomic mass is 10.0. The Balaban J connectivity index is 1.99. The summed E-state index contributed by atoms with van der Waals surface area (Å²) in [7, 11) is 0. The number of aromatic nitrogens is 2. The normalized spacial score (nSPS) is 12.9. The van der Waals surface area contributed by atoms with Gasteiger partial charge in [0.25, 0.3) is 0 Å². The van der Waals surface area contributed by atoms with Gasteiger partial charge in [0, 0.05) is 30.8 Å². The van der Waals surface area contributed by atoms with Crippen LogP contribution in [0.3, 0.4) is 0 Å². The van der Waals surface area contributed by atoms with E-state index in [0.717, 1.165) is 11.8 Å². The van der Waals surface area contributed by atoms with Crippen LogP contribution in [-0.2, 0) is 12.8 Å². The summed E-state index contributed by atoms with van der Waals surface area (Å²) >= 11 is 0. The number of benzene rings is 1. The quantitative estimate of drug-likeness (QED) is 0.914. The monoisotopic (exact) mass is 279 g/mol. The van der Waals surface area contributed by atoms with Crippen molar-refractivity contribution in [1.29, 1.82) is 0 Å². The van der Waals surface area contributed by atoms with E-state index in [9.17, 15) is 8.78 Å². The van der Waals surface area contributed by atoms with E-state index in [1.54, 1.807) is 0 Å². The zero-order chi connectivity index (χ0) is 14.7. The van der Waals surface area contributed by atoms with E-state index in [0.29, 0.717) is 24.4 Å².